The number of amides is 1. The standard InChI is InChI=1S/C7H14N4O/c1-6(3-8)4-11(2)5-7(12)10-9/h6H,4-5,9H2,1-2H3,(H,10,12). The van der Waals surface area contributed by atoms with Gasteiger partial charge in [-0.3, -0.25) is 15.1 Å². The highest BCUT2D eigenvalue weighted by molar-refractivity contribution is 5.77. The van der Waals surface area contributed by atoms with Crippen LogP contribution in [-0.2, 0) is 4.79 Å². The van der Waals surface area contributed by atoms with E-state index in [1.807, 2.05) is 5.43 Å². The van der Waals surface area contributed by atoms with Crippen molar-refractivity contribution in [3.8, 4) is 6.07 Å². The number of nitrogens with two attached hydrogens (primary N) is 1. The first-order valence-electron chi connectivity index (χ1n) is 3.67. The predicted molar refractivity (Wildman–Crippen MR) is 44.6 cm³/mol. The monoisotopic (exact) mass is 170 g/mol. The second-order valence-corrected chi connectivity index (χ2v) is 2.79. The molecule has 0 saturated carbocycles. The average Bonchev–Trinajstić information content (AvgIpc) is 2.03. The number of hydrazine groups is 1. The van der Waals surface area contributed by atoms with Gasteiger partial charge in [0, 0.05) is 6.54 Å². The van der Waals surface area contributed by atoms with Crippen molar-refractivity contribution in [1.29, 1.82) is 5.26 Å². The fraction of sp³-hybridized carbons (Fsp3) is 0.714. The summed E-state index contributed by atoms with van der Waals surface area (Å²) in [4.78, 5) is 12.5. The highest BCUT2D eigenvalue weighted by atomic mass is 16.2. The third-order valence-corrected chi connectivity index (χ3v) is 1.38. The van der Waals surface area contributed by atoms with Crippen LogP contribution in [0.5, 0.6) is 0 Å². The molecule has 0 bridgehead atoms. The molecule has 0 radical (unpaired) electrons. The molecule has 0 spiro atoms. The zero-order chi connectivity index (χ0) is 9.56. The Kier molecular flexibility index (Phi) is 5.00. The molecule has 0 saturated heterocycles. The van der Waals surface area contributed by atoms with Gasteiger partial charge in [-0.15, -0.1) is 0 Å². The lowest BCUT2D eigenvalue weighted by Crippen LogP contribution is -2.40. The molecule has 0 aromatic heterocycles. The summed E-state index contributed by atoms with van der Waals surface area (Å²) < 4.78 is 0. The van der Waals surface area contributed by atoms with Crippen LogP contribution in [0, 0.1) is 17.2 Å². The molecule has 0 fully saturated rings. The van der Waals surface area contributed by atoms with Crippen molar-refractivity contribution in [3.05, 3.63) is 0 Å². The Hall–Kier alpha value is -1.12. The zero-order valence-electron chi connectivity index (χ0n) is 7.37. The van der Waals surface area contributed by atoms with Crippen LogP contribution in [0.15, 0.2) is 0 Å². The molecular weight excluding hydrogens is 156 g/mol. The van der Waals surface area contributed by atoms with E-state index in [4.69, 9.17) is 11.1 Å². The summed E-state index contributed by atoms with van der Waals surface area (Å²) in [5.41, 5.74) is 2.02. The van der Waals surface area contributed by atoms with E-state index < -0.39 is 0 Å². The van der Waals surface area contributed by atoms with Crippen LogP contribution < -0.4 is 11.3 Å². The first kappa shape index (κ1) is 10.9. The molecule has 3 N–H and O–H groups in total. The van der Waals surface area contributed by atoms with Crippen LogP contribution in [-0.4, -0.2) is 30.9 Å². The number of rotatable bonds is 4. The molecule has 1 unspecified atom stereocenters. The predicted octanol–water partition coefficient (Wildman–Crippen LogP) is -0.932. The molecule has 0 aromatic rings. The van der Waals surface area contributed by atoms with Gasteiger partial charge in [0.05, 0.1) is 18.5 Å². The molecule has 1 amide bonds. The zero-order valence-corrected chi connectivity index (χ0v) is 7.37. The van der Waals surface area contributed by atoms with Gasteiger partial charge in [0.25, 0.3) is 0 Å². The fourth-order valence-corrected chi connectivity index (χ4v) is 0.864. The highest BCUT2D eigenvalue weighted by Crippen LogP contribution is 1.94. The van der Waals surface area contributed by atoms with Crippen molar-refractivity contribution < 1.29 is 4.79 Å². The van der Waals surface area contributed by atoms with E-state index in [-0.39, 0.29) is 18.4 Å². The topological polar surface area (TPSA) is 82.2 Å². The molecular formula is C7H14N4O. The molecule has 0 aromatic carbocycles. The number of nitrogens with zero attached hydrogens (tertiary/aromatic N) is 2. The van der Waals surface area contributed by atoms with E-state index in [0.29, 0.717) is 6.54 Å². The average molecular weight is 170 g/mol. The number of nitriles is 1. The van der Waals surface area contributed by atoms with Crippen molar-refractivity contribution in [2.75, 3.05) is 20.1 Å². The van der Waals surface area contributed by atoms with Gasteiger partial charge in [-0.2, -0.15) is 5.26 Å². The Labute approximate surface area is 72.1 Å². The lowest BCUT2D eigenvalue weighted by molar-refractivity contribution is -0.122. The van der Waals surface area contributed by atoms with Gasteiger partial charge in [-0.1, -0.05) is 0 Å². The number of likely N-dealkylation sites (N-methyl/N-ethyl adjacent to an activating group) is 1. The summed E-state index contributed by atoms with van der Waals surface area (Å²) in [5.74, 6) is 4.58. The smallest absolute Gasteiger partial charge is 0.248 e. The summed E-state index contributed by atoms with van der Waals surface area (Å²) >= 11 is 0. The van der Waals surface area contributed by atoms with Crippen molar-refractivity contribution >= 4 is 5.91 Å². The van der Waals surface area contributed by atoms with E-state index in [9.17, 15) is 4.79 Å². The summed E-state index contributed by atoms with van der Waals surface area (Å²) in [6, 6.07) is 2.08. The largest absolute Gasteiger partial charge is 0.296 e. The quantitative estimate of drug-likeness (QED) is 0.324. The molecule has 0 heterocycles. The maximum absolute atomic E-state index is 10.7. The maximum atomic E-state index is 10.7. The van der Waals surface area contributed by atoms with Gasteiger partial charge < -0.3 is 0 Å². The minimum Gasteiger partial charge on any atom is -0.296 e. The minimum absolute atomic E-state index is 0.0689. The van der Waals surface area contributed by atoms with Crippen LogP contribution in [0.4, 0.5) is 0 Å². The summed E-state index contributed by atoms with van der Waals surface area (Å²) in [7, 11) is 1.77. The maximum Gasteiger partial charge on any atom is 0.248 e. The first-order chi connectivity index (χ1) is 5.60. The first-order valence-corrected chi connectivity index (χ1v) is 3.67. The van der Waals surface area contributed by atoms with E-state index in [1.54, 1.807) is 18.9 Å². The van der Waals surface area contributed by atoms with E-state index in [1.165, 1.54) is 0 Å². The van der Waals surface area contributed by atoms with Crippen LogP contribution in [0.1, 0.15) is 6.92 Å². The molecule has 5 heteroatoms. The Morgan fingerprint density at radius 1 is 1.83 bits per heavy atom. The van der Waals surface area contributed by atoms with Crippen LogP contribution in [0.2, 0.25) is 0 Å². The third-order valence-electron chi connectivity index (χ3n) is 1.38. The number of hydrogen-bond donors (Lipinski definition) is 2. The SMILES string of the molecule is CC(C#N)CN(C)CC(=O)NN. The van der Waals surface area contributed by atoms with E-state index >= 15 is 0 Å². The summed E-state index contributed by atoms with van der Waals surface area (Å²) in [5, 5.41) is 8.47. The molecule has 0 aliphatic carbocycles. The molecule has 12 heavy (non-hydrogen) atoms. The van der Waals surface area contributed by atoms with Gasteiger partial charge in [-0.25, -0.2) is 5.84 Å². The van der Waals surface area contributed by atoms with Crippen molar-refractivity contribution in [2.45, 2.75) is 6.92 Å². The molecule has 5 nitrogen and oxygen atoms in total. The summed E-state index contributed by atoms with van der Waals surface area (Å²) in [6.07, 6.45) is 0. The van der Waals surface area contributed by atoms with Gasteiger partial charge in [-0.05, 0) is 14.0 Å². The summed E-state index contributed by atoms with van der Waals surface area (Å²) in [6.45, 7) is 2.60. The minimum atomic E-state index is -0.248. The second-order valence-electron chi connectivity index (χ2n) is 2.79. The molecule has 0 aliphatic heterocycles. The van der Waals surface area contributed by atoms with Crippen LogP contribution >= 0.6 is 0 Å². The van der Waals surface area contributed by atoms with Crippen molar-refractivity contribution in [3.63, 3.8) is 0 Å². The van der Waals surface area contributed by atoms with Gasteiger partial charge in [0.15, 0.2) is 0 Å². The molecule has 68 valence electrons. The van der Waals surface area contributed by atoms with E-state index in [2.05, 4.69) is 6.07 Å². The number of hydrogen-bond acceptors (Lipinski definition) is 4. The molecule has 1 atom stereocenters. The third kappa shape index (κ3) is 4.66. The van der Waals surface area contributed by atoms with Crippen molar-refractivity contribution in [1.82, 2.24) is 10.3 Å². The lowest BCUT2D eigenvalue weighted by Gasteiger charge is -2.15. The van der Waals surface area contributed by atoms with Crippen molar-refractivity contribution in [2.24, 2.45) is 11.8 Å². The Morgan fingerprint density at radius 3 is 2.83 bits per heavy atom. The molecule has 0 aliphatic rings. The fourth-order valence-electron chi connectivity index (χ4n) is 0.864. The lowest BCUT2D eigenvalue weighted by atomic mass is 10.2. The van der Waals surface area contributed by atoms with Gasteiger partial charge >= 0.3 is 0 Å². The van der Waals surface area contributed by atoms with Crippen LogP contribution in [0.25, 0.3) is 0 Å². The van der Waals surface area contributed by atoms with Gasteiger partial charge in [0.2, 0.25) is 5.91 Å². The Morgan fingerprint density at radius 2 is 2.42 bits per heavy atom. The normalized spacial score (nSPS) is 12.2. The number of carbonyl (C=O) groups excluding carboxylic acids is 1. The molecule has 0 rings (SSSR count). The number of nitrogens with one attached hydrogen (secondary N) is 1. The highest BCUT2D eigenvalue weighted by Gasteiger charge is 2.07. The number of carbonyl (C=O) groups is 1. The Balaban J connectivity index is 3.67. The van der Waals surface area contributed by atoms with E-state index in [0.717, 1.165) is 0 Å². The van der Waals surface area contributed by atoms with Gasteiger partial charge in [0.1, 0.15) is 0 Å². The van der Waals surface area contributed by atoms with Crippen LogP contribution in [0.3, 0.4) is 0 Å². The second kappa shape index (κ2) is 5.52. The Bertz CT molecular complexity index is 186.